The van der Waals surface area contributed by atoms with E-state index in [0.717, 1.165) is 24.3 Å². The molecule has 3 aromatic rings. The van der Waals surface area contributed by atoms with Gasteiger partial charge in [0, 0.05) is 31.3 Å². The Kier molecular flexibility index (Phi) is 6.37. The SMILES string of the molecule is CCOc1cc(C#N)cc(Br)c1OCC(=O)N1CCC(c2nnc3ccccn23)CC1. The van der Waals surface area contributed by atoms with Crippen LogP contribution in [0.1, 0.15) is 37.1 Å². The van der Waals surface area contributed by atoms with E-state index >= 15 is 0 Å². The number of likely N-dealkylation sites (tertiary alicyclic amines) is 1. The van der Waals surface area contributed by atoms with Gasteiger partial charge >= 0.3 is 0 Å². The molecular weight excluding hydrogens is 462 g/mol. The van der Waals surface area contributed by atoms with Crippen LogP contribution in [0.5, 0.6) is 11.5 Å². The Bertz CT molecular complexity index is 1130. The van der Waals surface area contributed by atoms with Crippen molar-refractivity contribution < 1.29 is 14.3 Å². The molecule has 1 aliphatic rings. The molecule has 1 saturated heterocycles. The summed E-state index contributed by atoms with van der Waals surface area (Å²) in [7, 11) is 0. The first-order valence-electron chi connectivity index (χ1n) is 10.2. The third-order valence-electron chi connectivity index (χ3n) is 5.33. The fraction of sp³-hybridized carbons (Fsp3) is 0.364. The maximum absolute atomic E-state index is 12.7. The van der Waals surface area contributed by atoms with Crippen molar-refractivity contribution in [3.63, 3.8) is 0 Å². The Labute approximate surface area is 188 Å². The Balaban J connectivity index is 1.37. The minimum Gasteiger partial charge on any atom is -0.490 e. The Morgan fingerprint density at radius 1 is 1.26 bits per heavy atom. The summed E-state index contributed by atoms with van der Waals surface area (Å²) in [6.07, 6.45) is 3.62. The van der Waals surface area contributed by atoms with Crippen molar-refractivity contribution in [1.29, 1.82) is 5.26 Å². The lowest BCUT2D eigenvalue weighted by Gasteiger charge is -2.31. The highest BCUT2D eigenvalue weighted by Crippen LogP contribution is 2.37. The summed E-state index contributed by atoms with van der Waals surface area (Å²) < 4.78 is 14.0. The number of pyridine rings is 1. The summed E-state index contributed by atoms with van der Waals surface area (Å²) in [4.78, 5) is 14.6. The van der Waals surface area contributed by atoms with Crippen molar-refractivity contribution in [2.24, 2.45) is 0 Å². The lowest BCUT2D eigenvalue weighted by molar-refractivity contribution is -0.134. The number of piperidine rings is 1. The van der Waals surface area contributed by atoms with Crippen molar-refractivity contribution in [2.45, 2.75) is 25.7 Å². The normalized spacial score (nSPS) is 14.4. The van der Waals surface area contributed by atoms with Crippen LogP contribution in [-0.4, -0.2) is 51.7 Å². The molecule has 31 heavy (non-hydrogen) atoms. The standard InChI is InChI=1S/C22H22BrN5O3/c1-2-30-18-12-15(13-24)11-17(23)21(18)31-14-20(29)27-9-6-16(7-10-27)22-26-25-19-5-3-4-8-28(19)22/h3-5,8,11-12,16H,2,6-7,9-10,14H2,1H3. The fourth-order valence-corrected chi connectivity index (χ4v) is 4.34. The summed E-state index contributed by atoms with van der Waals surface area (Å²) in [5.74, 6) is 2.00. The van der Waals surface area contributed by atoms with Gasteiger partial charge in [0.15, 0.2) is 23.8 Å². The van der Waals surface area contributed by atoms with Crippen LogP contribution in [0.4, 0.5) is 0 Å². The predicted molar refractivity (Wildman–Crippen MR) is 117 cm³/mol. The molecule has 0 unspecified atom stereocenters. The average molecular weight is 484 g/mol. The maximum Gasteiger partial charge on any atom is 0.260 e. The number of nitriles is 1. The smallest absolute Gasteiger partial charge is 0.260 e. The van der Waals surface area contributed by atoms with Gasteiger partial charge in [-0.25, -0.2) is 0 Å². The molecule has 9 heteroatoms. The van der Waals surface area contributed by atoms with Crippen molar-refractivity contribution in [3.8, 4) is 17.6 Å². The zero-order chi connectivity index (χ0) is 21.8. The molecule has 1 aromatic carbocycles. The zero-order valence-electron chi connectivity index (χ0n) is 17.1. The third kappa shape index (κ3) is 4.49. The number of fused-ring (bicyclic) bond motifs is 1. The van der Waals surface area contributed by atoms with E-state index in [-0.39, 0.29) is 18.4 Å². The summed E-state index contributed by atoms with van der Waals surface area (Å²) >= 11 is 3.41. The van der Waals surface area contributed by atoms with Gasteiger partial charge in [0.05, 0.1) is 22.7 Å². The number of hydrogen-bond donors (Lipinski definition) is 0. The van der Waals surface area contributed by atoms with E-state index in [2.05, 4.69) is 32.2 Å². The van der Waals surface area contributed by atoms with Crippen LogP contribution in [0.15, 0.2) is 41.0 Å². The molecule has 0 bridgehead atoms. The van der Waals surface area contributed by atoms with Gasteiger partial charge in [-0.05, 0) is 53.9 Å². The Hall–Kier alpha value is -3.12. The third-order valence-corrected chi connectivity index (χ3v) is 5.92. The minimum atomic E-state index is -0.0941. The molecule has 0 N–H and O–H groups in total. The van der Waals surface area contributed by atoms with Gasteiger partial charge in [-0.15, -0.1) is 10.2 Å². The highest BCUT2D eigenvalue weighted by Gasteiger charge is 2.27. The number of rotatable bonds is 6. The van der Waals surface area contributed by atoms with Crippen molar-refractivity contribution in [3.05, 3.63) is 52.4 Å². The molecule has 3 heterocycles. The highest BCUT2D eigenvalue weighted by molar-refractivity contribution is 9.10. The number of hydrogen-bond acceptors (Lipinski definition) is 6. The summed E-state index contributed by atoms with van der Waals surface area (Å²) in [5.41, 5.74) is 1.29. The Morgan fingerprint density at radius 2 is 2.06 bits per heavy atom. The van der Waals surface area contributed by atoms with Crippen LogP contribution in [0.25, 0.3) is 5.65 Å². The number of halogens is 1. The molecule has 4 rings (SSSR count). The lowest BCUT2D eigenvalue weighted by Crippen LogP contribution is -2.40. The number of ether oxygens (including phenoxy) is 2. The molecule has 0 atom stereocenters. The van der Waals surface area contributed by atoms with E-state index in [0.29, 0.717) is 41.2 Å². The van der Waals surface area contributed by atoms with Gasteiger partial charge in [0.1, 0.15) is 5.82 Å². The van der Waals surface area contributed by atoms with E-state index in [1.807, 2.05) is 40.6 Å². The quantitative estimate of drug-likeness (QED) is 0.532. The van der Waals surface area contributed by atoms with E-state index in [9.17, 15) is 4.79 Å². The zero-order valence-corrected chi connectivity index (χ0v) is 18.7. The van der Waals surface area contributed by atoms with Crippen LogP contribution in [0.2, 0.25) is 0 Å². The van der Waals surface area contributed by atoms with Crippen molar-refractivity contribution in [2.75, 3.05) is 26.3 Å². The van der Waals surface area contributed by atoms with Crippen LogP contribution >= 0.6 is 15.9 Å². The van der Waals surface area contributed by atoms with E-state index in [4.69, 9.17) is 14.7 Å². The van der Waals surface area contributed by atoms with E-state index in [1.165, 1.54) is 0 Å². The van der Waals surface area contributed by atoms with Gasteiger partial charge in [-0.2, -0.15) is 5.26 Å². The minimum absolute atomic E-state index is 0.0803. The number of carbonyl (C=O) groups is 1. The van der Waals surface area contributed by atoms with E-state index < -0.39 is 0 Å². The maximum atomic E-state index is 12.7. The fourth-order valence-electron chi connectivity index (χ4n) is 3.79. The number of carbonyl (C=O) groups excluding carboxylic acids is 1. The van der Waals surface area contributed by atoms with E-state index in [1.54, 1.807) is 12.1 Å². The average Bonchev–Trinajstić information content (AvgIpc) is 3.22. The van der Waals surface area contributed by atoms with Crippen LogP contribution < -0.4 is 9.47 Å². The molecule has 1 amide bonds. The molecular formula is C22H22BrN5O3. The summed E-state index contributed by atoms with van der Waals surface area (Å²) in [6, 6.07) is 11.2. The molecule has 160 valence electrons. The van der Waals surface area contributed by atoms with Crippen LogP contribution in [0.3, 0.4) is 0 Å². The number of amides is 1. The number of nitrogens with zero attached hydrogens (tertiary/aromatic N) is 5. The van der Waals surface area contributed by atoms with Gasteiger partial charge in [0.2, 0.25) is 0 Å². The molecule has 0 saturated carbocycles. The van der Waals surface area contributed by atoms with Crippen LogP contribution in [-0.2, 0) is 4.79 Å². The monoisotopic (exact) mass is 483 g/mol. The second kappa shape index (κ2) is 9.35. The molecule has 2 aromatic heterocycles. The molecule has 0 aliphatic carbocycles. The second-order valence-corrected chi connectivity index (χ2v) is 8.12. The largest absolute Gasteiger partial charge is 0.490 e. The first-order valence-corrected chi connectivity index (χ1v) is 11.0. The summed E-state index contributed by atoms with van der Waals surface area (Å²) in [5, 5.41) is 17.7. The van der Waals surface area contributed by atoms with Crippen molar-refractivity contribution in [1.82, 2.24) is 19.5 Å². The second-order valence-electron chi connectivity index (χ2n) is 7.26. The van der Waals surface area contributed by atoms with Crippen LogP contribution in [0, 0.1) is 11.3 Å². The van der Waals surface area contributed by atoms with Crippen molar-refractivity contribution >= 4 is 27.5 Å². The molecule has 0 spiro atoms. The molecule has 8 nitrogen and oxygen atoms in total. The van der Waals surface area contributed by atoms with Gasteiger partial charge in [0.25, 0.3) is 5.91 Å². The first kappa shape index (κ1) is 21.1. The lowest BCUT2D eigenvalue weighted by atomic mass is 9.96. The number of benzene rings is 1. The summed E-state index contributed by atoms with van der Waals surface area (Å²) in [6.45, 7) is 3.47. The van der Waals surface area contributed by atoms with Gasteiger partial charge in [-0.3, -0.25) is 9.20 Å². The molecule has 0 radical (unpaired) electrons. The topological polar surface area (TPSA) is 92.8 Å². The first-order chi connectivity index (χ1) is 15.1. The predicted octanol–water partition coefficient (Wildman–Crippen LogP) is 3.55. The van der Waals surface area contributed by atoms with Gasteiger partial charge in [-0.1, -0.05) is 6.07 Å². The van der Waals surface area contributed by atoms with Gasteiger partial charge < -0.3 is 14.4 Å². The highest BCUT2D eigenvalue weighted by atomic mass is 79.9. The Morgan fingerprint density at radius 3 is 2.81 bits per heavy atom. The molecule has 1 fully saturated rings. The number of aromatic nitrogens is 3. The molecule has 1 aliphatic heterocycles.